The smallest absolute Gasteiger partial charge is 0.0957 e. The Morgan fingerprint density at radius 2 is 2.19 bits per heavy atom. The zero-order valence-electron chi connectivity index (χ0n) is 16.7. The summed E-state index contributed by atoms with van der Waals surface area (Å²) in [7, 11) is 0. The highest BCUT2D eigenvalue weighted by Gasteiger charge is 2.77. The number of oxime groups is 1. The van der Waals surface area contributed by atoms with E-state index in [2.05, 4.69) is 37.2 Å². The summed E-state index contributed by atoms with van der Waals surface area (Å²) >= 11 is 0. The minimum atomic E-state index is 0.0706. The van der Waals surface area contributed by atoms with Crippen LogP contribution in [0, 0.1) is 46.8 Å². The summed E-state index contributed by atoms with van der Waals surface area (Å²) in [4.78, 5) is 0. The van der Waals surface area contributed by atoms with Crippen LogP contribution in [-0.2, 0) is 4.74 Å². The largest absolute Gasteiger partial charge is 0.411 e. The Bertz CT molecular complexity index is 753. The predicted molar refractivity (Wildman–Crippen MR) is 106 cm³/mol. The SMILES string of the molecule is CC[C@]12CCC3C(C1[C@@H]1C[C@@H]1[C@@]21C=CCO1)[C@H](C)CC1=C/C(=N/O)CC[C@@H]13. The highest BCUT2D eigenvalue weighted by Crippen LogP contribution is 2.79. The summed E-state index contributed by atoms with van der Waals surface area (Å²) in [6.07, 6.45) is 15.8. The van der Waals surface area contributed by atoms with E-state index in [1.807, 2.05) is 0 Å². The van der Waals surface area contributed by atoms with Crippen molar-refractivity contribution in [2.75, 3.05) is 6.61 Å². The maximum absolute atomic E-state index is 9.25. The van der Waals surface area contributed by atoms with E-state index in [4.69, 9.17) is 4.74 Å². The number of rotatable bonds is 1. The molecule has 0 bridgehead atoms. The fourth-order valence-electron chi connectivity index (χ4n) is 9.14. The van der Waals surface area contributed by atoms with Crippen LogP contribution in [0.5, 0.6) is 0 Å². The Morgan fingerprint density at radius 3 is 2.93 bits per heavy atom. The van der Waals surface area contributed by atoms with Gasteiger partial charge in [0.1, 0.15) is 0 Å². The maximum Gasteiger partial charge on any atom is 0.0957 e. The summed E-state index contributed by atoms with van der Waals surface area (Å²) in [5, 5.41) is 12.8. The van der Waals surface area contributed by atoms with Crippen molar-refractivity contribution < 1.29 is 9.94 Å². The molecule has 0 aromatic rings. The lowest BCUT2D eigenvalue weighted by molar-refractivity contribution is -0.150. The van der Waals surface area contributed by atoms with E-state index >= 15 is 0 Å². The second-order valence-corrected chi connectivity index (χ2v) is 10.5. The lowest BCUT2D eigenvalue weighted by Crippen LogP contribution is -2.57. The van der Waals surface area contributed by atoms with Crippen LogP contribution < -0.4 is 0 Å². The van der Waals surface area contributed by atoms with Crippen molar-refractivity contribution in [3.63, 3.8) is 0 Å². The molecule has 5 aliphatic carbocycles. The van der Waals surface area contributed by atoms with Gasteiger partial charge in [0.05, 0.1) is 17.9 Å². The van der Waals surface area contributed by atoms with Gasteiger partial charge in [0.25, 0.3) is 0 Å². The van der Waals surface area contributed by atoms with Crippen molar-refractivity contribution in [1.29, 1.82) is 0 Å². The molecule has 6 rings (SSSR count). The quantitative estimate of drug-likeness (QED) is 0.393. The molecule has 1 heterocycles. The van der Waals surface area contributed by atoms with Crippen molar-refractivity contribution in [3.05, 3.63) is 23.8 Å². The molecule has 6 aliphatic rings. The molecule has 27 heavy (non-hydrogen) atoms. The van der Waals surface area contributed by atoms with Crippen molar-refractivity contribution in [3.8, 4) is 0 Å². The van der Waals surface area contributed by atoms with Crippen LogP contribution >= 0.6 is 0 Å². The number of hydrogen-bond donors (Lipinski definition) is 1. The van der Waals surface area contributed by atoms with E-state index in [0.717, 1.165) is 60.2 Å². The molecule has 9 atom stereocenters. The average molecular weight is 368 g/mol. The summed E-state index contributed by atoms with van der Waals surface area (Å²) < 4.78 is 6.60. The molecule has 0 saturated heterocycles. The van der Waals surface area contributed by atoms with Crippen molar-refractivity contribution in [2.45, 2.75) is 64.4 Å². The van der Waals surface area contributed by atoms with Gasteiger partial charge in [0.2, 0.25) is 0 Å². The summed E-state index contributed by atoms with van der Waals surface area (Å²) in [6.45, 7) is 5.79. The maximum atomic E-state index is 9.25. The Balaban J connectivity index is 1.41. The highest BCUT2D eigenvalue weighted by atomic mass is 16.5. The van der Waals surface area contributed by atoms with Gasteiger partial charge in [-0.25, -0.2) is 0 Å². The van der Waals surface area contributed by atoms with Gasteiger partial charge in [-0.2, -0.15) is 0 Å². The van der Waals surface area contributed by atoms with E-state index in [-0.39, 0.29) is 5.60 Å². The number of hydrogen-bond acceptors (Lipinski definition) is 3. The lowest BCUT2D eigenvalue weighted by atomic mass is 9.46. The number of nitrogens with zero attached hydrogens (tertiary/aromatic N) is 1. The van der Waals surface area contributed by atoms with Crippen LogP contribution in [0.3, 0.4) is 0 Å². The van der Waals surface area contributed by atoms with Gasteiger partial charge >= 0.3 is 0 Å². The molecule has 4 fully saturated rings. The molecule has 1 aliphatic heterocycles. The predicted octanol–water partition coefficient (Wildman–Crippen LogP) is 5.21. The first-order valence-corrected chi connectivity index (χ1v) is 11.4. The number of fused-ring (bicyclic) bond motifs is 9. The third kappa shape index (κ3) is 1.90. The molecule has 0 amide bonds. The minimum absolute atomic E-state index is 0.0706. The van der Waals surface area contributed by atoms with E-state index in [0.29, 0.717) is 5.41 Å². The Kier molecular flexibility index (Phi) is 3.42. The molecule has 3 unspecified atom stereocenters. The molecule has 4 saturated carbocycles. The molecular formula is C24H33NO2. The molecule has 3 heteroatoms. The monoisotopic (exact) mass is 367 g/mol. The molecule has 1 N–H and O–H groups in total. The van der Waals surface area contributed by atoms with Gasteiger partial charge in [-0.3, -0.25) is 0 Å². The Hall–Kier alpha value is -1.09. The normalized spacial score (nSPS) is 56.4. The van der Waals surface area contributed by atoms with Gasteiger partial charge in [-0.15, -0.1) is 0 Å². The van der Waals surface area contributed by atoms with Gasteiger partial charge in [-0.1, -0.05) is 36.7 Å². The molecule has 1 spiro atoms. The topological polar surface area (TPSA) is 41.8 Å². The third-order valence-corrected chi connectivity index (χ3v) is 9.92. The summed E-state index contributed by atoms with van der Waals surface area (Å²) in [5.41, 5.74) is 2.94. The van der Waals surface area contributed by atoms with Gasteiger partial charge in [0.15, 0.2) is 0 Å². The molecule has 0 aromatic carbocycles. The first-order chi connectivity index (χ1) is 13.1. The van der Waals surface area contributed by atoms with E-state index in [1.165, 1.54) is 38.5 Å². The standard InChI is InChI=1S/C24H33NO2/c1-3-23-9-7-18-17-6-5-16(25-26)12-15(17)11-14(2)21(18)22(23)19-13-20(19)24(23)8-4-10-27-24/h4,8,12,14,17-22,26H,3,5-7,9-11,13H2,1-2H3/b25-16+/t14-,17+,18?,19-,20+,21?,22?,23+,24+/m1/s1. The fourth-order valence-corrected chi connectivity index (χ4v) is 9.14. The average Bonchev–Trinajstić information content (AvgIpc) is 3.27. The minimum Gasteiger partial charge on any atom is -0.411 e. The van der Waals surface area contributed by atoms with Crippen LogP contribution in [0.25, 0.3) is 0 Å². The van der Waals surface area contributed by atoms with Gasteiger partial charge in [-0.05, 0) is 92.4 Å². The number of allylic oxidation sites excluding steroid dienone is 2. The number of ether oxygens (including phenoxy) is 1. The van der Waals surface area contributed by atoms with E-state index in [9.17, 15) is 5.21 Å². The third-order valence-electron chi connectivity index (χ3n) is 9.92. The first-order valence-electron chi connectivity index (χ1n) is 11.4. The second kappa shape index (κ2) is 5.49. The first kappa shape index (κ1) is 16.8. The van der Waals surface area contributed by atoms with Gasteiger partial charge < -0.3 is 9.94 Å². The molecular weight excluding hydrogens is 334 g/mol. The Labute approximate surface area is 162 Å². The van der Waals surface area contributed by atoms with Crippen LogP contribution in [-0.4, -0.2) is 23.1 Å². The van der Waals surface area contributed by atoms with Crippen LogP contribution in [0.2, 0.25) is 0 Å². The van der Waals surface area contributed by atoms with Crippen LogP contribution in [0.15, 0.2) is 29.0 Å². The van der Waals surface area contributed by atoms with Crippen molar-refractivity contribution >= 4 is 5.71 Å². The molecule has 0 radical (unpaired) electrons. The zero-order chi connectivity index (χ0) is 18.4. The molecule has 0 aromatic heterocycles. The highest BCUT2D eigenvalue weighted by molar-refractivity contribution is 5.96. The van der Waals surface area contributed by atoms with E-state index < -0.39 is 0 Å². The fraction of sp³-hybridized carbons (Fsp3) is 0.792. The summed E-state index contributed by atoms with van der Waals surface area (Å²) in [5.74, 6) is 5.75. The van der Waals surface area contributed by atoms with Crippen molar-refractivity contribution in [2.24, 2.45) is 52.0 Å². The van der Waals surface area contributed by atoms with Crippen molar-refractivity contribution in [1.82, 2.24) is 0 Å². The Morgan fingerprint density at radius 1 is 1.30 bits per heavy atom. The van der Waals surface area contributed by atoms with E-state index in [1.54, 1.807) is 5.57 Å². The lowest BCUT2D eigenvalue weighted by Gasteiger charge is -2.60. The summed E-state index contributed by atoms with van der Waals surface area (Å²) in [6, 6.07) is 0. The van der Waals surface area contributed by atoms with Crippen LogP contribution in [0.1, 0.15) is 58.8 Å². The second-order valence-electron chi connectivity index (χ2n) is 10.5. The molecule has 3 nitrogen and oxygen atoms in total. The van der Waals surface area contributed by atoms with Gasteiger partial charge in [0, 0.05) is 5.41 Å². The van der Waals surface area contributed by atoms with Crippen LogP contribution in [0.4, 0.5) is 0 Å². The zero-order valence-corrected chi connectivity index (χ0v) is 16.7. The molecule has 146 valence electrons.